The minimum Gasteiger partial charge on any atom is -0.370 e. The summed E-state index contributed by atoms with van der Waals surface area (Å²) in [6.07, 6.45) is 2.04. The molecule has 5 rings (SSSR count). The Morgan fingerprint density at radius 1 is 0.872 bits per heavy atom. The summed E-state index contributed by atoms with van der Waals surface area (Å²) in [4.78, 5) is 19.5. The van der Waals surface area contributed by atoms with Gasteiger partial charge in [0.2, 0.25) is 0 Å². The molecule has 0 bridgehead atoms. The highest BCUT2D eigenvalue weighted by Crippen LogP contribution is 2.33. The highest BCUT2D eigenvalue weighted by atomic mass is 79.9. The molecule has 10 heteroatoms. The van der Waals surface area contributed by atoms with Crippen LogP contribution < -0.4 is 14.5 Å². The van der Waals surface area contributed by atoms with Gasteiger partial charge in [0, 0.05) is 49.3 Å². The van der Waals surface area contributed by atoms with Gasteiger partial charge in [0.15, 0.2) is 0 Å². The third kappa shape index (κ3) is 6.22. The molecular weight excluding hydrogens is 583 g/mol. The molecule has 3 aromatic rings. The first-order valence-electron chi connectivity index (χ1n) is 13.2. The van der Waals surface area contributed by atoms with E-state index < -0.39 is 10.0 Å². The molecule has 2 heterocycles. The summed E-state index contributed by atoms with van der Waals surface area (Å²) in [7, 11) is -3.88. The number of hydrogen-bond donors (Lipinski definition) is 1. The SMILES string of the molecule is CC1CCN(c2ccc(C(=O)N3CCN(c4ccccc4F)CC3)cc2NS(=O)(=O)c2ccc(Br)cc2)CC1. The van der Waals surface area contributed by atoms with Gasteiger partial charge in [-0.25, -0.2) is 12.8 Å². The van der Waals surface area contributed by atoms with Gasteiger partial charge in [-0.3, -0.25) is 9.52 Å². The van der Waals surface area contributed by atoms with Gasteiger partial charge < -0.3 is 14.7 Å². The van der Waals surface area contributed by atoms with E-state index in [-0.39, 0.29) is 16.6 Å². The smallest absolute Gasteiger partial charge is 0.261 e. The van der Waals surface area contributed by atoms with E-state index in [2.05, 4.69) is 32.5 Å². The van der Waals surface area contributed by atoms with E-state index >= 15 is 0 Å². The molecular formula is C29H32BrFN4O3S. The van der Waals surface area contributed by atoms with Crippen molar-refractivity contribution in [2.24, 2.45) is 5.92 Å². The largest absolute Gasteiger partial charge is 0.370 e. The maximum Gasteiger partial charge on any atom is 0.261 e. The van der Waals surface area contributed by atoms with E-state index in [9.17, 15) is 17.6 Å². The van der Waals surface area contributed by atoms with E-state index in [1.165, 1.54) is 6.07 Å². The molecule has 7 nitrogen and oxygen atoms in total. The van der Waals surface area contributed by atoms with Crippen LogP contribution in [0.4, 0.5) is 21.5 Å². The number of amides is 1. The van der Waals surface area contributed by atoms with Crippen LogP contribution in [0.15, 0.2) is 76.1 Å². The summed E-state index contributed by atoms with van der Waals surface area (Å²) in [5.41, 5.74) is 2.11. The molecule has 0 spiro atoms. The van der Waals surface area contributed by atoms with E-state index in [0.717, 1.165) is 36.1 Å². The Morgan fingerprint density at radius 3 is 2.18 bits per heavy atom. The van der Waals surface area contributed by atoms with Gasteiger partial charge in [-0.2, -0.15) is 0 Å². The molecule has 206 valence electrons. The van der Waals surface area contributed by atoms with E-state index in [1.807, 2.05) is 11.0 Å². The lowest BCUT2D eigenvalue weighted by atomic mass is 9.98. The number of nitrogens with one attached hydrogen (secondary N) is 1. The van der Waals surface area contributed by atoms with Crippen LogP contribution in [-0.2, 0) is 10.0 Å². The van der Waals surface area contributed by atoms with Crippen molar-refractivity contribution in [2.45, 2.75) is 24.7 Å². The fraction of sp³-hybridized carbons (Fsp3) is 0.345. The second kappa shape index (κ2) is 11.6. The van der Waals surface area contributed by atoms with Crippen LogP contribution in [0.3, 0.4) is 0 Å². The lowest BCUT2D eigenvalue weighted by molar-refractivity contribution is 0.0746. The molecule has 0 atom stereocenters. The number of nitrogens with zero attached hydrogens (tertiary/aromatic N) is 3. The second-order valence-electron chi connectivity index (χ2n) is 10.2. The van der Waals surface area contributed by atoms with Crippen LogP contribution in [-0.4, -0.2) is 58.5 Å². The molecule has 2 saturated heterocycles. The summed E-state index contributed by atoms with van der Waals surface area (Å²) < 4.78 is 44.4. The topological polar surface area (TPSA) is 73.0 Å². The number of piperidine rings is 1. The van der Waals surface area contributed by atoms with Gasteiger partial charge >= 0.3 is 0 Å². The number of piperazine rings is 1. The first kappa shape index (κ1) is 27.5. The Bertz CT molecular complexity index is 1440. The van der Waals surface area contributed by atoms with Crippen molar-refractivity contribution >= 4 is 48.9 Å². The zero-order valence-electron chi connectivity index (χ0n) is 21.8. The highest BCUT2D eigenvalue weighted by Gasteiger charge is 2.26. The summed E-state index contributed by atoms with van der Waals surface area (Å²) in [6, 6.07) is 18.4. The number of anilines is 3. The lowest BCUT2D eigenvalue weighted by Gasteiger charge is -2.36. The van der Waals surface area contributed by atoms with Gasteiger partial charge in [0.05, 0.1) is 22.0 Å². The number of hydrogen-bond acceptors (Lipinski definition) is 5. The minimum absolute atomic E-state index is 0.143. The highest BCUT2D eigenvalue weighted by molar-refractivity contribution is 9.10. The van der Waals surface area contributed by atoms with Crippen molar-refractivity contribution in [1.82, 2.24) is 4.90 Å². The maximum atomic E-state index is 14.2. The molecule has 0 radical (unpaired) electrons. The predicted octanol–water partition coefficient (Wildman–Crippen LogP) is 5.59. The zero-order chi connectivity index (χ0) is 27.6. The fourth-order valence-corrected chi connectivity index (χ4v) is 6.46. The van der Waals surface area contributed by atoms with Crippen molar-refractivity contribution in [3.63, 3.8) is 0 Å². The van der Waals surface area contributed by atoms with E-state index in [0.29, 0.717) is 49.0 Å². The van der Waals surface area contributed by atoms with Crippen molar-refractivity contribution < 1.29 is 17.6 Å². The van der Waals surface area contributed by atoms with Crippen LogP contribution in [0.2, 0.25) is 0 Å². The summed E-state index contributed by atoms with van der Waals surface area (Å²) in [5.74, 6) is 0.168. The molecule has 3 aromatic carbocycles. The number of sulfonamides is 1. The average molecular weight is 616 g/mol. The molecule has 2 aliphatic rings. The monoisotopic (exact) mass is 614 g/mol. The van der Waals surface area contributed by atoms with Crippen LogP contribution >= 0.6 is 15.9 Å². The Morgan fingerprint density at radius 2 is 1.51 bits per heavy atom. The number of benzene rings is 3. The Hall–Kier alpha value is -3.11. The Labute approximate surface area is 237 Å². The summed E-state index contributed by atoms with van der Waals surface area (Å²) >= 11 is 3.35. The molecule has 0 saturated carbocycles. The van der Waals surface area contributed by atoms with Crippen LogP contribution in [0.25, 0.3) is 0 Å². The average Bonchev–Trinajstić information content (AvgIpc) is 2.94. The van der Waals surface area contributed by atoms with Gasteiger partial charge in [-0.15, -0.1) is 0 Å². The number of para-hydroxylation sites is 1. The number of halogens is 2. The molecule has 1 N–H and O–H groups in total. The predicted molar refractivity (Wildman–Crippen MR) is 157 cm³/mol. The molecule has 0 unspecified atom stereocenters. The minimum atomic E-state index is -3.88. The molecule has 39 heavy (non-hydrogen) atoms. The van der Waals surface area contributed by atoms with Gasteiger partial charge in [0.25, 0.3) is 15.9 Å². The normalized spacial score (nSPS) is 16.8. The number of carbonyl (C=O) groups excluding carboxylic acids is 1. The third-order valence-corrected chi connectivity index (χ3v) is 9.41. The second-order valence-corrected chi connectivity index (χ2v) is 12.8. The van der Waals surface area contributed by atoms with Crippen molar-refractivity contribution in [3.05, 3.63) is 82.6 Å². The maximum absolute atomic E-state index is 14.2. The summed E-state index contributed by atoms with van der Waals surface area (Å²) in [6.45, 7) is 5.78. The van der Waals surface area contributed by atoms with Crippen LogP contribution in [0.1, 0.15) is 30.1 Å². The summed E-state index contributed by atoms with van der Waals surface area (Å²) in [5, 5.41) is 0. The first-order chi connectivity index (χ1) is 18.7. The molecule has 1 amide bonds. The van der Waals surface area contributed by atoms with Crippen molar-refractivity contribution in [1.29, 1.82) is 0 Å². The molecule has 2 aliphatic heterocycles. The van der Waals surface area contributed by atoms with E-state index in [4.69, 9.17) is 0 Å². The van der Waals surface area contributed by atoms with Gasteiger partial charge in [-0.05, 0) is 73.4 Å². The zero-order valence-corrected chi connectivity index (χ0v) is 24.2. The molecule has 0 aromatic heterocycles. The van der Waals surface area contributed by atoms with Crippen molar-refractivity contribution in [3.8, 4) is 0 Å². The van der Waals surface area contributed by atoms with Crippen molar-refractivity contribution in [2.75, 3.05) is 53.8 Å². The van der Waals surface area contributed by atoms with E-state index in [1.54, 1.807) is 59.5 Å². The Balaban J connectivity index is 1.38. The fourth-order valence-electron chi connectivity index (χ4n) is 5.13. The lowest BCUT2D eigenvalue weighted by Crippen LogP contribution is -2.49. The number of carbonyl (C=O) groups is 1. The van der Waals surface area contributed by atoms with Gasteiger partial charge in [-0.1, -0.05) is 35.0 Å². The quantitative estimate of drug-likeness (QED) is 0.392. The number of rotatable bonds is 6. The standard InChI is InChI=1S/C29H32BrFN4O3S/c1-21-12-14-33(15-13-21)28-11-6-22(20-26(28)32-39(37,38)24-9-7-23(30)8-10-24)29(36)35-18-16-34(17-19-35)27-5-3-2-4-25(27)31/h2-11,20-21,32H,12-19H2,1H3. The Kier molecular flexibility index (Phi) is 8.13. The third-order valence-electron chi connectivity index (χ3n) is 7.50. The van der Waals surface area contributed by atoms with Gasteiger partial charge in [0.1, 0.15) is 5.82 Å². The molecule has 0 aliphatic carbocycles. The van der Waals surface area contributed by atoms with Crippen LogP contribution in [0, 0.1) is 11.7 Å². The van der Waals surface area contributed by atoms with Crippen LogP contribution in [0.5, 0.6) is 0 Å². The first-order valence-corrected chi connectivity index (χ1v) is 15.4. The molecule has 2 fully saturated rings.